The summed E-state index contributed by atoms with van der Waals surface area (Å²) in [6.07, 6.45) is 0. The molecule has 8 aromatic carbocycles. The number of benzene rings is 8. The highest BCUT2D eigenvalue weighted by molar-refractivity contribution is 6.19. The van der Waals surface area contributed by atoms with E-state index in [1.807, 2.05) is 12.1 Å². The number of para-hydroxylation sites is 1. The smallest absolute Gasteiger partial charge is 0.135 e. The number of furan rings is 1. The van der Waals surface area contributed by atoms with Gasteiger partial charge in [0.2, 0.25) is 0 Å². The SMILES string of the molecule is Cc1cccc2c(-c3cc4ccccc4cc3-c3ccccc3)c3cccc(-c4ccc5oc6ccccc6c5c4)c3cc12. The zero-order chi connectivity index (χ0) is 29.2. The number of hydrogen-bond donors (Lipinski definition) is 0. The van der Waals surface area contributed by atoms with Crippen molar-refractivity contribution in [1.29, 1.82) is 0 Å². The molecule has 1 nitrogen and oxygen atoms in total. The number of hydrogen-bond acceptors (Lipinski definition) is 1. The molecule has 0 saturated heterocycles. The number of rotatable bonds is 3. The molecule has 0 N–H and O–H groups in total. The van der Waals surface area contributed by atoms with Gasteiger partial charge in [-0.15, -0.1) is 0 Å². The number of aryl methyl sites for hydroxylation is 1. The normalized spacial score (nSPS) is 11.8. The molecule has 0 atom stereocenters. The van der Waals surface area contributed by atoms with Crippen molar-refractivity contribution in [2.24, 2.45) is 0 Å². The van der Waals surface area contributed by atoms with Crippen molar-refractivity contribution in [3.63, 3.8) is 0 Å². The van der Waals surface area contributed by atoms with Gasteiger partial charge < -0.3 is 4.42 Å². The second-order valence-corrected chi connectivity index (χ2v) is 11.7. The molecule has 0 aliphatic carbocycles. The van der Waals surface area contributed by atoms with Crippen LogP contribution in [0.4, 0.5) is 0 Å². The highest BCUT2D eigenvalue weighted by Crippen LogP contribution is 2.45. The first-order valence-electron chi connectivity index (χ1n) is 15.2. The van der Waals surface area contributed by atoms with Gasteiger partial charge in [0.15, 0.2) is 0 Å². The summed E-state index contributed by atoms with van der Waals surface area (Å²) in [7, 11) is 0. The Bertz CT molecular complexity index is 2550. The first-order chi connectivity index (χ1) is 21.7. The minimum absolute atomic E-state index is 0.917. The van der Waals surface area contributed by atoms with Crippen molar-refractivity contribution in [3.8, 4) is 33.4 Å². The molecule has 0 bridgehead atoms. The molecule has 1 aromatic heterocycles. The topological polar surface area (TPSA) is 13.1 Å². The molecule has 206 valence electrons. The van der Waals surface area contributed by atoms with Crippen LogP contribution in [0, 0.1) is 6.92 Å². The van der Waals surface area contributed by atoms with Gasteiger partial charge in [0.05, 0.1) is 0 Å². The highest BCUT2D eigenvalue weighted by atomic mass is 16.3. The lowest BCUT2D eigenvalue weighted by Crippen LogP contribution is -1.93. The van der Waals surface area contributed by atoms with Crippen LogP contribution >= 0.6 is 0 Å². The molecule has 1 heterocycles. The highest BCUT2D eigenvalue weighted by Gasteiger charge is 2.19. The van der Waals surface area contributed by atoms with Crippen LogP contribution in [0.1, 0.15) is 5.56 Å². The lowest BCUT2D eigenvalue weighted by atomic mass is 9.84. The molecule has 1 heteroatoms. The van der Waals surface area contributed by atoms with E-state index in [0.29, 0.717) is 0 Å². The molecule has 0 saturated carbocycles. The van der Waals surface area contributed by atoms with Crippen molar-refractivity contribution in [1.82, 2.24) is 0 Å². The quantitative estimate of drug-likeness (QED) is 0.196. The van der Waals surface area contributed by atoms with Crippen LogP contribution in [0.2, 0.25) is 0 Å². The Kier molecular flexibility index (Phi) is 5.48. The van der Waals surface area contributed by atoms with Gasteiger partial charge in [0.1, 0.15) is 11.2 Å². The molecule has 0 unspecified atom stereocenters. The fourth-order valence-electron chi connectivity index (χ4n) is 7.06. The van der Waals surface area contributed by atoms with E-state index in [0.717, 1.165) is 21.9 Å². The Hall–Kier alpha value is -5.66. The summed E-state index contributed by atoms with van der Waals surface area (Å²) < 4.78 is 6.17. The van der Waals surface area contributed by atoms with Crippen LogP contribution in [0.3, 0.4) is 0 Å². The van der Waals surface area contributed by atoms with E-state index in [9.17, 15) is 0 Å². The monoisotopic (exact) mass is 560 g/mol. The third-order valence-electron chi connectivity index (χ3n) is 9.19. The van der Waals surface area contributed by atoms with Crippen molar-refractivity contribution >= 4 is 54.3 Å². The zero-order valence-electron chi connectivity index (χ0n) is 24.3. The van der Waals surface area contributed by atoms with Crippen LogP contribution in [-0.2, 0) is 0 Å². The van der Waals surface area contributed by atoms with Gasteiger partial charge in [0, 0.05) is 10.8 Å². The van der Waals surface area contributed by atoms with Crippen LogP contribution in [-0.4, -0.2) is 0 Å². The maximum atomic E-state index is 6.17. The zero-order valence-corrected chi connectivity index (χ0v) is 24.3. The standard InChI is InChI=1S/C43H28O/c1-27-11-9-18-34-36(27)26-38-32(31-21-22-42-39(25-31)33-16-7-8-20-41(33)44-42)17-10-19-35(38)43(34)40-24-30-15-6-5-14-29(30)23-37(40)28-12-3-2-4-13-28/h2-26H,1H3. The summed E-state index contributed by atoms with van der Waals surface area (Å²) in [5, 5.41) is 9.85. The molecule has 0 fully saturated rings. The predicted molar refractivity (Wildman–Crippen MR) is 187 cm³/mol. The van der Waals surface area contributed by atoms with E-state index in [1.54, 1.807) is 0 Å². The minimum atomic E-state index is 0.917. The Labute approximate surface area is 255 Å². The van der Waals surface area contributed by atoms with E-state index < -0.39 is 0 Å². The molecule has 0 amide bonds. The maximum absolute atomic E-state index is 6.17. The predicted octanol–water partition coefficient (Wildman–Crippen LogP) is 12.4. The average molecular weight is 561 g/mol. The van der Waals surface area contributed by atoms with E-state index in [1.165, 1.54) is 71.3 Å². The van der Waals surface area contributed by atoms with Crippen LogP contribution in [0.25, 0.3) is 87.6 Å². The Morgan fingerprint density at radius 3 is 1.86 bits per heavy atom. The summed E-state index contributed by atoms with van der Waals surface area (Å²) in [6, 6.07) is 55.1. The van der Waals surface area contributed by atoms with Gasteiger partial charge in [-0.05, 0) is 115 Å². The molecular formula is C43H28O. The first kappa shape index (κ1) is 24.9. The minimum Gasteiger partial charge on any atom is -0.456 e. The summed E-state index contributed by atoms with van der Waals surface area (Å²) in [5.41, 5.74) is 10.5. The summed E-state index contributed by atoms with van der Waals surface area (Å²) in [6.45, 7) is 2.22. The molecule has 9 aromatic rings. The Morgan fingerprint density at radius 1 is 0.364 bits per heavy atom. The molecular weight excluding hydrogens is 532 g/mol. The van der Waals surface area contributed by atoms with E-state index >= 15 is 0 Å². The van der Waals surface area contributed by atoms with Gasteiger partial charge in [0.25, 0.3) is 0 Å². The molecule has 0 aliphatic heterocycles. The lowest BCUT2D eigenvalue weighted by Gasteiger charge is -2.19. The fourth-order valence-corrected chi connectivity index (χ4v) is 7.06. The summed E-state index contributed by atoms with van der Waals surface area (Å²) in [4.78, 5) is 0. The van der Waals surface area contributed by atoms with Crippen molar-refractivity contribution < 1.29 is 4.42 Å². The van der Waals surface area contributed by atoms with Gasteiger partial charge in [-0.1, -0.05) is 115 Å². The summed E-state index contributed by atoms with van der Waals surface area (Å²) in [5.74, 6) is 0. The molecule has 0 aliphatic rings. The van der Waals surface area contributed by atoms with Crippen molar-refractivity contribution in [3.05, 3.63) is 157 Å². The van der Waals surface area contributed by atoms with E-state index in [2.05, 4.69) is 146 Å². The van der Waals surface area contributed by atoms with Gasteiger partial charge >= 0.3 is 0 Å². The largest absolute Gasteiger partial charge is 0.456 e. The van der Waals surface area contributed by atoms with Gasteiger partial charge in [-0.25, -0.2) is 0 Å². The van der Waals surface area contributed by atoms with Crippen molar-refractivity contribution in [2.75, 3.05) is 0 Å². The van der Waals surface area contributed by atoms with Gasteiger partial charge in [-0.3, -0.25) is 0 Å². The second-order valence-electron chi connectivity index (χ2n) is 11.7. The lowest BCUT2D eigenvalue weighted by molar-refractivity contribution is 0.669. The van der Waals surface area contributed by atoms with Crippen LogP contribution in [0.15, 0.2) is 156 Å². The fraction of sp³-hybridized carbons (Fsp3) is 0.0233. The van der Waals surface area contributed by atoms with Crippen LogP contribution < -0.4 is 0 Å². The summed E-state index contributed by atoms with van der Waals surface area (Å²) >= 11 is 0. The molecule has 0 radical (unpaired) electrons. The maximum Gasteiger partial charge on any atom is 0.135 e. The van der Waals surface area contributed by atoms with Crippen LogP contribution in [0.5, 0.6) is 0 Å². The van der Waals surface area contributed by atoms with E-state index in [4.69, 9.17) is 4.42 Å². The second kappa shape index (κ2) is 9.69. The van der Waals surface area contributed by atoms with E-state index in [-0.39, 0.29) is 0 Å². The third-order valence-corrected chi connectivity index (χ3v) is 9.19. The Morgan fingerprint density at radius 2 is 1.02 bits per heavy atom. The molecule has 44 heavy (non-hydrogen) atoms. The Balaban J connectivity index is 1.40. The first-order valence-corrected chi connectivity index (χ1v) is 15.2. The molecule has 0 spiro atoms. The number of fused-ring (bicyclic) bond motifs is 6. The average Bonchev–Trinajstić information content (AvgIpc) is 3.45. The third kappa shape index (κ3) is 3.80. The van der Waals surface area contributed by atoms with Crippen molar-refractivity contribution in [2.45, 2.75) is 6.92 Å². The van der Waals surface area contributed by atoms with Gasteiger partial charge in [-0.2, -0.15) is 0 Å². The molecule has 9 rings (SSSR count).